The van der Waals surface area contributed by atoms with Gasteiger partial charge in [0.15, 0.2) is 0 Å². The molecule has 1 fully saturated rings. The molecule has 0 bridgehead atoms. The molecular weight excluding hydrogens is 273 g/mol. The second kappa shape index (κ2) is 4.96. The van der Waals surface area contributed by atoms with Gasteiger partial charge >= 0.3 is 0 Å². The zero-order valence-electron chi connectivity index (χ0n) is 9.15. The van der Waals surface area contributed by atoms with E-state index in [1.807, 2.05) is 0 Å². The predicted molar refractivity (Wildman–Crippen MR) is 67.5 cm³/mol. The second-order valence-electron chi connectivity index (χ2n) is 5.03. The average molecular weight is 295 g/mol. The molecule has 1 rings (SSSR count). The Labute approximate surface area is 96.4 Å². The largest absolute Gasteiger partial charge is 0.306 e. The lowest BCUT2D eigenvalue weighted by Crippen LogP contribution is -2.39. The maximum atomic E-state index is 2.58. The Hall–Kier alpha value is 0.690. The molecular formula is C11H22IN. The Morgan fingerprint density at radius 1 is 1.31 bits per heavy atom. The summed E-state index contributed by atoms with van der Waals surface area (Å²) in [7, 11) is 2.24. The molecule has 2 heteroatoms. The van der Waals surface area contributed by atoms with Gasteiger partial charge in [-0.2, -0.15) is 0 Å². The van der Waals surface area contributed by atoms with Gasteiger partial charge in [-0.15, -0.1) is 0 Å². The topological polar surface area (TPSA) is 3.24 Å². The van der Waals surface area contributed by atoms with Crippen LogP contribution in [0.1, 0.15) is 33.1 Å². The van der Waals surface area contributed by atoms with Gasteiger partial charge in [0.2, 0.25) is 0 Å². The molecule has 0 amide bonds. The molecule has 1 aliphatic heterocycles. The molecule has 78 valence electrons. The summed E-state index contributed by atoms with van der Waals surface area (Å²) >= 11 is 2.58. The summed E-state index contributed by atoms with van der Waals surface area (Å²) in [6.07, 6.45) is 4.24. The van der Waals surface area contributed by atoms with E-state index in [0.717, 1.165) is 5.92 Å². The van der Waals surface area contributed by atoms with Crippen molar-refractivity contribution < 1.29 is 0 Å². The molecule has 0 spiro atoms. The van der Waals surface area contributed by atoms with Gasteiger partial charge < -0.3 is 4.90 Å². The van der Waals surface area contributed by atoms with E-state index in [2.05, 4.69) is 48.4 Å². The summed E-state index contributed by atoms with van der Waals surface area (Å²) < 4.78 is 1.34. The lowest BCUT2D eigenvalue weighted by Gasteiger charge is -2.40. The standard InChI is InChI=1S/C11H22IN/c1-10(2)8-11(9-12)4-6-13(3)7-5-11/h10H,4-9H2,1-3H3. The zero-order valence-corrected chi connectivity index (χ0v) is 11.3. The fourth-order valence-electron chi connectivity index (χ4n) is 2.35. The molecule has 1 heterocycles. The van der Waals surface area contributed by atoms with E-state index in [1.165, 1.54) is 36.8 Å². The number of piperidine rings is 1. The Balaban J connectivity index is 2.50. The van der Waals surface area contributed by atoms with Gasteiger partial charge in [-0.3, -0.25) is 0 Å². The first-order chi connectivity index (χ1) is 6.08. The normalized spacial score (nSPS) is 23.8. The van der Waals surface area contributed by atoms with E-state index in [9.17, 15) is 0 Å². The third-order valence-corrected chi connectivity index (χ3v) is 4.79. The minimum absolute atomic E-state index is 0.668. The lowest BCUT2D eigenvalue weighted by atomic mass is 9.74. The number of likely N-dealkylation sites (tertiary alicyclic amines) is 1. The van der Waals surface area contributed by atoms with Crippen molar-refractivity contribution in [1.82, 2.24) is 4.90 Å². The fraction of sp³-hybridized carbons (Fsp3) is 1.00. The Bertz CT molecular complexity index is 148. The van der Waals surface area contributed by atoms with E-state index in [-0.39, 0.29) is 0 Å². The Morgan fingerprint density at radius 2 is 1.85 bits per heavy atom. The zero-order chi connectivity index (χ0) is 9.90. The smallest absolute Gasteiger partial charge is 0.00530 e. The van der Waals surface area contributed by atoms with Crippen molar-refractivity contribution in [1.29, 1.82) is 0 Å². The van der Waals surface area contributed by atoms with E-state index in [4.69, 9.17) is 0 Å². The maximum absolute atomic E-state index is 2.58. The summed E-state index contributed by atoms with van der Waals surface area (Å²) in [6, 6.07) is 0. The molecule has 0 unspecified atom stereocenters. The first-order valence-corrected chi connectivity index (χ1v) is 6.85. The molecule has 13 heavy (non-hydrogen) atoms. The van der Waals surface area contributed by atoms with Gasteiger partial charge in [-0.25, -0.2) is 0 Å². The molecule has 1 nitrogen and oxygen atoms in total. The van der Waals surface area contributed by atoms with Crippen molar-refractivity contribution in [3.8, 4) is 0 Å². The van der Waals surface area contributed by atoms with Crippen molar-refractivity contribution in [3.05, 3.63) is 0 Å². The molecule has 1 aliphatic rings. The average Bonchev–Trinajstić information content (AvgIpc) is 2.09. The van der Waals surface area contributed by atoms with Gasteiger partial charge in [-0.1, -0.05) is 36.4 Å². The summed E-state index contributed by atoms with van der Waals surface area (Å²) in [5.74, 6) is 0.859. The summed E-state index contributed by atoms with van der Waals surface area (Å²) in [5.41, 5.74) is 0.668. The quantitative estimate of drug-likeness (QED) is 0.571. The van der Waals surface area contributed by atoms with Crippen LogP contribution in [0, 0.1) is 11.3 Å². The summed E-state index contributed by atoms with van der Waals surface area (Å²) in [6.45, 7) is 7.31. The molecule has 0 atom stereocenters. The monoisotopic (exact) mass is 295 g/mol. The number of hydrogen-bond donors (Lipinski definition) is 0. The molecule has 0 aromatic carbocycles. The number of rotatable bonds is 3. The summed E-state index contributed by atoms with van der Waals surface area (Å²) in [4.78, 5) is 2.46. The molecule has 0 aliphatic carbocycles. The molecule has 0 saturated carbocycles. The van der Waals surface area contributed by atoms with Crippen molar-refractivity contribution in [2.24, 2.45) is 11.3 Å². The molecule has 0 aromatic heterocycles. The highest BCUT2D eigenvalue weighted by molar-refractivity contribution is 14.1. The first kappa shape index (κ1) is 11.8. The highest BCUT2D eigenvalue weighted by Gasteiger charge is 2.32. The lowest BCUT2D eigenvalue weighted by molar-refractivity contribution is 0.123. The molecule has 0 radical (unpaired) electrons. The van der Waals surface area contributed by atoms with Crippen LogP contribution in [0.2, 0.25) is 0 Å². The van der Waals surface area contributed by atoms with E-state index in [0.29, 0.717) is 5.41 Å². The van der Waals surface area contributed by atoms with Gasteiger partial charge in [0.25, 0.3) is 0 Å². The third-order valence-electron chi connectivity index (χ3n) is 3.17. The van der Waals surface area contributed by atoms with Crippen LogP contribution in [0.5, 0.6) is 0 Å². The van der Waals surface area contributed by atoms with Crippen molar-refractivity contribution in [2.45, 2.75) is 33.1 Å². The van der Waals surface area contributed by atoms with Crippen LogP contribution >= 0.6 is 22.6 Å². The van der Waals surface area contributed by atoms with E-state index in [1.54, 1.807) is 0 Å². The van der Waals surface area contributed by atoms with Crippen LogP contribution in [0.3, 0.4) is 0 Å². The van der Waals surface area contributed by atoms with E-state index >= 15 is 0 Å². The highest BCUT2D eigenvalue weighted by Crippen LogP contribution is 2.38. The molecule has 0 aromatic rings. The minimum Gasteiger partial charge on any atom is -0.306 e. The van der Waals surface area contributed by atoms with Gasteiger partial charge in [0.1, 0.15) is 0 Å². The Morgan fingerprint density at radius 3 is 2.23 bits per heavy atom. The number of nitrogens with zero attached hydrogens (tertiary/aromatic N) is 1. The van der Waals surface area contributed by atoms with Crippen molar-refractivity contribution in [2.75, 3.05) is 24.6 Å². The van der Waals surface area contributed by atoms with Crippen LogP contribution in [-0.4, -0.2) is 29.5 Å². The van der Waals surface area contributed by atoms with Gasteiger partial charge in [-0.05, 0) is 50.7 Å². The highest BCUT2D eigenvalue weighted by atomic mass is 127. The maximum Gasteiger partial charge on any atom is 0.00530 e. The van der Waals surface area contributed by atoms with E-state index < -0.39 is 0 Å². The number of hydrogen-bond acceptors (Lipinski definition) is 1. The minimum atomic E-state index is 0.668. The van der Waals surface area contributed by atoms with Crippen molar-refractivity contribution >= 4 is 22.6 Å². The molecule has 1 saturated heterocycles. The predicted octanol–water partition coefficient (Wildman–Crippen LogP) is 3.18. The third kappa shape index (κ3) is 3.39. The van der Waals surface area contributed by atoms with Crippen LogP contribution in [0.15, 0.2) is 0 Å². The van der Waals surface area contributed by atoms with Gasteiger partial charge in [0.05, 0.1) is 0 Å². The fourth-order valence-corrected chi connectivity index (χ4v) is 3.43. The number of halogens is 1. The second-order valence-corrected chi connectivity index (χ2v) is 5.80. The SMILES string of the molecule is CC(C)CC1(CI)CCN(C)CC1. The Kier molecular flexibility index (Phi) is 4.49. The van der Waals surface area contributed by atoms with Crippen molar-refractivity contribution in [3.63, 3.8) is 0 Å². The number of alkyl halides is 1. The summed E-state index contributed by atoms with van der Waals surface area (Å²) in [5, 5.41) is 0. The van der Waals surface area contributed by atoms with Crippen LogP contribution in [-0.2, 0) is 0 Å². The van der Waals surface area contributed by atoms with Gasteiger partial charge in [0, 0.05) is 4.43 Å². The van der Waals surface area contributed by atoms with Crippen LogP contribution in [0.25, 0.3) is 0 Å². The van der Waals surface area contributed by atoms with Crippen LogP contribution < -0.4 is 0 Å². The van der Waals surface area contributed by atoms with Crippen LogP contribution in [0.4, 0.5) is 0 Å². The molecule has 0 N–H and O–H groups in total. The first-order valence-electron chi connectivity index (χ1n) is 5.32.